The van der Waals surface area contributed by atoms with Gasteiger partial charge in [0, 0.05) is 13.1 Å². The zero-order valence-corrected chi connectivity index (χ0v) is 13.4. The Morgan fingerprint density at radius 3 is 2.52 bits per heavy atom. The second kappa shape index (κ2) is 7.77. The lowest BCUT2D eigenvalue weighted by Crippen LogP contribution is -2.46. The molecule has 118 valence electrons. The number of carbonyl (C=O) groups is 1. The van der Waals surface area contributed by atoms with Crippen LogP contribution in [-0.4, -0.2) is 49.9 Å². The molecule has 1 atom stereocenters. The number of amides is 1. The van der Waals surface area contributed by atoms with E-state index in [1.54, 1.807) is 4.90 Å². The van der Waals surface area contributed by atoms with Crippen LogP contribution in [0.4, 0.5) is 0 Å². The van der Waals surface area contributed by atoms with Crippen molar-refractivity contribution in [2.75, 3.05) is 24.6 Å². The van der Waals surface area contributed by atoms with Gasteiger partial charge in [-0.2, -0.15) is 0 Å². The van der Waals surface area contributed by atoms with Crippen LogP contribution in [-0.2, 0) is 21.1 Å². The van der Waals surface area contributed by atoms with Crippen molar-refractivity contribution in [3.63, 3.8) is 0 Å². The number of benzene rings is 1. The maximum absolute atomic E-state index is 12.3. The number of carbonyl (C=O) groups excluding carboxylic acids is 1. The normalized spacial score (nSPS) is 19.2. The van der Waals surface area contributed by atoms with Crippen LogP contribution in [0.15, 0.2) is 30.3 Å². The van der Waals surface area contributed by atoms with Crippen LogP contribution in [0.2, 0.25) is 0 Å². The molecular weight excluding hydrogens is 312 g/mol. The molecule has 1 fully saturated rings. The highest BCUT2D eigenvalue weighted by Crippen LogP contribution is 2.09. The minimum Gasteiger partial charge on any atom is -0.340 e. The Kier molecular flexibility index (Phi) is 6.64. The molecule has 7 heteroatoms. The molecule has 0 saturated carbocycles. The molecule has 21 heavy (non-hydrogen) atoms. The fraction of sp³-hybridized carbons (Fsp3) is 0.500. The van der Waals surface area contributed by atoms with Gasteiger partial charge in [0.25, 0.3) is 0 Å². The molecule has 5 nitrogen and oxygen atoms in total. The van der Waals surface area contributed by atoms with Gasteiger partial charge in [0.15, 0.2) is 9.84 Å². The Morgan fingerprint density at radius 1 is 1.19 bits per heavy atom. The summed E-state index contributed by atoms with van der Waals surface area (Å²) in [6, 6.07) is 8.98. The van der Waals surface area contributed by atoms with Crippen LogP contribution in [0.5, 0.6) is 0 Å². The molecule has 0 unspecified atom stereocenters. The summed E-state index contributed by atoms with van der Waals surface area (Å²) in [5.74, 6) is 0.0348. The van der Waals surface area contributed by atoms with Crippen LogP contribution in [0, 0.1) is 0 Å². The summed E-state index contributed by atoms with van der Waals surface area (Å²) < 4.78 is 23.1. The second-order valence-electron chi connectivity index (χ2n) is 5.13. The average molecular weight is 333 g/mol. The Bertz CT molecular complexity index is 563. The first kappa shape index (κ1) is 17.9. The summed E-state index contributed by atoms with van der Waals surface area (Å²) in [5, 5.41) is 0. The van der Waals surface area contributed by atoms with Crippen molar-refractivity contribution in [3.8, 4) is 0 Å². The quantitative estimate of drug-likeness (QED) is 0.880. The molecular formula is C14H21ClN2O3S. The molecule has 0 bridgehead atoms. The molecule has 0 aromatic heterocycles. The maximum Gasteiger partial charge on any atom is 0.239 e. The molecule has 0 radical (unpaired) electrons. The van der Waals surface area contributed by atoms with Gasteiger partial charge in [-0.1, -0.05) is 30.3 Å². The van der Waals surface area contributed by atoms with Crippen LogP contribution in [0.3, 0.4) is 0 Å². The zero-order valence-electron chi connectivity index (χ0n) is 11.8. The third kappa shape index (κ3) is 5.30. The van der Waals surface area contributed by atoms with Crippen molar-refractivity contribution < 1.29 is 13.2 Å². The van der Waals surface area contributed by atoms with Gasteiger partial charge in [-0.3, -0.25) is 4.79 Å². The predicted octanol–water partition coefficient (Wildman–Crippen LogP) is 0.625. The average Bonchev–Trinajstić information content (AvgIpc) is 2.60. The Labute approximate surface area is 131 Å². The van der Waals surface area contributed by atoms with E-state index in [2.05, 4.69) is 0 Å². The van der Waals surface area contributed by atoms with Crippen LogP contribution >= 0.6 is 12.4 Å². The largest absolute Gasteiger partial charge is 0.340 e. The van der Waals surface area contributed by atoms with E-state index in [4.69, 9.17) is 5.73 Å². The third-order valence-corrected chi connectivity index (χ3v) is 5.20. The van der Waals surface area contributed by atoms with Gasteiger partial charge in [-0.05, 0) is 18.4 Å². The van der Waals surface area contributed by atoms with Crippen molar-refractivity contribution in [2.45, 2.75) is 18.9 Å². The number of nitrogens with two attached hydrogens (primary N) is 1. The number of hydrogen-bond donors (Lipinski definition) is 1. The molecule has 1 aliphatic heterocycles. The molecule has 2 N–H and O–H groups in total. The van der Waals surface area contributed by atoms with E-state index in [0.717, 1.165) is 5.56 Å². The SMILES string of the molecule is Cl.N[C@@H](Cc1ccccc1)C(=O)N1CCCS(=O)(=O)CC1. The minimum absolute atomic E-state index is 0. The lowest BCUT2D eigenvalue weighted by Gasteiger charge is -2.23. The monoisotopic (exact) mass is 332 g/mol. The summed E-state index contributed by atoms with van der Waals surface area (Å²) in [6.45, 7) is 0.726. The van der Waals surface area contributed by atoms with E-state index in [1.165, 1.54) is 0 Å². The van der Waals surface area contributed by atoms with E-state index >= 15 is 0 Å². The Hall–Kier alpha value is -1.11. The number of sulfone groups is 1. The highest BCUT2D eigenvalue weighted by Gasteiger charge is 2.25. The first-order valence-corrected chi connectivity index (χ1v) is 8.59. The van der Waals surface area contributed by atoms with Gasteiger partial charge in [-0.25, -0.2) is 8.42 Å². The maximum atomic E-state index is 12.3. The number of rotatable bonds is 3. The summed E-state index contributed by atoms with van der Waals surface area (Å²) >= 11 is 0. The lowest BCUT2D eigenvalue weighted by atomic mass is 10.1. The number of halogens is 1. The van der Waals surface area contributed by atoms with E-state index in [0.29, 0.717) is 19.4 Å². The molecule has 0 spiro atoms. The van der Waals surface area contributed by atoms with Crippen LogP contribution in [0.25, 0.3) is 0 Å². The van der Waals surface area contributed by atoms with E-state index < -0.39 is 15.9 Å². The van der Waals surface area contributed by atoms with Gasteiger partial charge in [0.2, 0.25) is 5.91 Å². The summed E-state index contributed by atoms with van der Waals surface area (Å²) in [5.41, 5.74) is 6.97. The van der Waals surface area contributed by atoms with Crippen molar-refractivity contribution >= 4 is 28.2 Å². The second-order valence-corrected chi connectivity index (χ2v) is 7.43. The zero-order chi connectivity index (χ0) is 14.6. The minimum atomic E-state index is -3.00. The van der Waals surface area contributed by atoms with Gasteiger partial charge in [0.05, 0.1) is 17.5 Å². The fourth-order valence-electron chi connectivity index (χ4n) is 2.35. The van der Waals surface area contributed by atoms with Gasteiger partial charge in [0.1, 0.15) is 0 Å². The van der Waals surface area contributed by atoms with Crippen molar-refractivity contribution in [2.24, 2.45) is 5.73 Å². The fourth-order valence-corrected chi connectivity index (χ4v) is 3.62. The number of nitrogens with zero attached hydrogens (tertiary/aromatic N) is 1. The molecule has 1 heterocycles. The van der Waals surface area contributed by atoms with E-state index in [1.807, 2.05) is 30.3 Å². The van der Waals surface area contributed by atoms with Crippen molar-refractivity contribution in [1.82, 2.24) is 4.90 Å². The molecule has 1 aromatic rings. The lowest BCUT2D eigenvalue weighted by molar-refractivity contribution is -0.132. The molecule has 1 saturated heterocycles. The van der Waals surface area contributed by atoms with Crippen LogP contribution in [0.1, 0.15) is 12.0 Å². The van der Waals surface area contributed by atoms with Gasteiger partial charge >= 0.3 is 0 Å². The molecule has 1 aliphatic rings. The highest BCUT2D eigenvalue weighted by atomic mass is 35.5. The summed E-state index contributed by atoms with van der Waals surface area (Å²) in [6.07, 6.45) is 0.967. The topological polar surface area (TPSA) is 80.5 Å². The molecule has 1 amide bonds. The van der Waals surface area contributed by atoms with Crippen molar-refractivity contribution in [1.29, 1.82) is 0 Å². The Balaban J connectivity index is 0.00000220. The van der Waals surface area contributed by atoms with Gasteiger partial charge < -0.3 is 10.6 Å². The summed E-state index contributed by atoms with van der Waals surface area (Å²) in [7, 11) is -3.00. The van der Waals surface area contributed by atoms with E-state index in [-0.39, 0.29) is 36.4 Å². The molecule has 1 aromatic carbocycles. The Morgan fingerprint density at radius 2 is 1.86 bits per heavy atom. The van der Waals surface area contributed by atoms with Crippen LogP contribution < -0.4 is 5.73 Å². The van der Waals surface area contributed by atoms with Crippen molar-refractivity contribution in [3.05, 3.63) is 35.9 Å². The number of hydrogen-bond acceptors (Lipinski definition) is 4. The smallest absolute Gasteiger partial charge is 0.239 e. The molecule has 2 rings (SSSR count). The third-order valence-electron chi connectivity index (χ3n) is 3.48. The van der Waals surface area contributed by atoms with Gasteiger partial charge in [-0.15, -0.1) is 12.4 Å². The summed E-state index contributed by atoms with van der Waals surface area (Å²) in [4.78, 5) is 13.9. The standard InChI is InChI=1S/C14H20N2O3S.ClH/c15-13(11-12-5-2-1-3-6-12)14(17)16-7-4-9-20(18,19)10-8-16;/h1-3,5-6,13H,4,7-11,15H2;1H/t13-;/m0./s1. The molecule has 0 aliphatic carbocycles. The highest BCUT2D eigenvalue weighted by molar-refractivity contribution is 7.91. The van der Waals surface area contributed by atoms with E-state index in [9.17, 15) is 13.2 Å². The predicted molar refractivity (Wildman–Crippen MR) is 85.2 cm³/mol. The first-order chi connectivity index (χ1) is 9.48. The first-order valence-electron chi connectivity index (χ1n) is 6.77.